The van der Waals surface area contributed by atoms with Crippen LogP contribution < -0.4 is 10.1 Å². The lowest BCUT2D eigenvalue weighted by molar-refractivity contribution is 0.146. The first-order chi connectivity index (χ1) is 16.9. The number of aromatic nitrogens is 7. The molecule has 4 heterocycles. The zero-order chi connectivity index (χ0) is 24.7. The smallest absolute Gasteiger partial charge is 0.280 e. The summed E-state index contributed by atoms with van der Waals surface area (Å²) in [5.41, 5.74) is 3.61. The summed E-state index contributed by atoms with van der Waals surface area (Å²) in [7, 11) is 1.62. The van der Waals surface area contributed by atoms with Gasteiger partial charge in [-0.25, -0.2) is 28.1 Å². The van der Waals surface area contributed by atoms with Gasteiger partial charge >= 0.3 is 0 Å². The Labute approximate surface area is 201 Å². The number of hydrogen-bond donors (Lipinski definition) is 1. The third kappa shape index (κ3) is 4.45. The Bertz CT molecular complexity index is 1360. The Morgan fingerprint density at radius 3 is 2.54 bits per heavy atom. The normalized spacial score (nSPS) is 13.5. The van der Waals surface area contributed by atoms with E-state index in [1.54, 1.807) is 17.9 Å². The summed E-state index contributed by atoms with van der Waals surface area (Å²) in [6.07, 6.45) is 2.64. The van der Waals surface area contributed by atoms with Crippen LogP contribution in [0.1, 0.15) is 41.9 Å². The van der Waals surface area contributed by atoms with Crippen molar-refractivity contribution in [3.8, 4) is 22.8 Å². The van der Waals surface area contributed by atoms with Crippen LogP contribution in [0.4, 0.5) is 20.4 Å². The molecule has 4 aromatic heterocycles. The fourth-order valence-electron chi connectivity index (χ4n) is 4.13. The van der Waals surface area contributed by atoms with Crippen LogP contribution in [0, 0.1) is 26.7 Å². The lowest BCUT2D eigenvalue weighted by atomic mass is 10.1. The van der Waals surface area contributed by atoms with Crippen molar-refractivity contribution >= 4 is 11.6 Å². The molecule has 0 atom stereocenters. The quantitative estimate of drug-likeness (QED) is 0.381. The third-order valence-electron chi connectivity index (χ3n) is 6.15. The summed E-state index contributed by atoms with van der Waals surface area (Å²) in [4.78, 5) is 12.7. The van der Waals surface area contributed by atoms with Crippen molar-refractivity contribution in [1.82, 2.24) is 34.5 Å². The van der Waals surface area contributed by atoms with Gasteiger partial charge < -0.3 is 10.1 Å². The Balaban J connectivity index is 1.50. The number of pyridine rings is 1. The molecule has 9 nitrogen and oxygen atoms in total. The second-order valence-electron chi connectivity index (χ2n) is 8.72. The SMILES string of the molecule is COc1c(C)nn(-c2cc(Nc3c(C)c(-c4ccc(C(F)F)nc4)nn3CC3CC3)ncn2)c1C. The van der Waals surface area contributed by atoms with Crippen molar-refractivity contribution < 1.29 is 13.5 Å². The van der Waals surface area contributed by atoms with Crippen LogP contribution in [0.2, 0.25) is 0 Å². The van der Waals surface area contributed by atoms with E-state index in [0.29, 0.717) is 34.6 Å². The maximum Gasteiger partial charge on any atom is 0.280 e. The summed E-state index contributed by atoms with van der Waals surface area (Å²) in [5, 5.41) is 12.7. The maximum absolute atomic E-state index is 12.9. The van der Waals surface area contributed by atoms with Gasteiger partial charge in [0.1, 0.15) is 29.4 Å². The Morgan fingerprint density at radius 2 is 1.91 bits per heavy atom. The predicted molar refractivity (Wildman–Crippen MR) is 126 cm³/mol. The standard InChI is InChI=1S/C24H26F2N8O/c1-13-21(17-7-8-18(23(25)26)27-10-17)32-33(11-16-5-6-16)24(13)30-19-9-20(29-12-28-19)34-15(3)22(35-4)14(2)31-34/h7-10,12,16,23H,5-6,11H2,1-4H3,(H,28,29,30). The second-order valence-corrected chi connectivity index (χ2v) is 8.72. The molecule has 182 valence electrons. The van der Waals surface area contributed by atoms with Crippen LogP contribution in [0.15, 0.2) is 30.7 Å². The molecule has 1 aliphatic rings. The van der Waals surface area contributed by atoms with Crippen molar-refractivity contribution in [2.75, 3.05) is 12.4 Å². The van der Waals surface area contributed by atoms with Gasteiger partial charge in [-0.15, -0.1) is 0 Å². The van der Waals surface area contributed by atoms with Crippen molar-refractivity contribution in [3.05, 3.63) is 53.4 Å². The summed E-state index contributed by atoms with van der Waals surface area (Å²) in [6, 6.07) is 4.78. The Kier molecular flexibility index (Phi) is 5.91. The molecule has 35 heavy (non-hydrogen) atoms. The van der Waals surface area contributed by atoms with Crippen molar-refractivity contribution in [3.63, 3.8) is 0 Å². The fraction of sp³-hybridized carbons (Fsp3) is 0.375. The molecule has 1 saturated carbocycles. The molecule has 0 radical (unpaired) electrons. The Morgan fingerprint density at radius 1 is 1.11 bits per heavy atom. The minimum absolute atomic E-state index is 0.253. The van der Waals surface area contributed by atoms with Gasteiger partial charge in [-0.3, -0.25) is 4.98 Å². The molecule has 0 spiro atoms. The summed E-state index contributed by atoms with van der Waals surface area (Å²) in [5.74, 6) is 3.27. The first-order valence-electron chi connectivity index (χ1n) is 11.4. The van der Waals surface area contributed by atoms with E-state index in [1.807, 2.05) is 31.5 Å². The van der Waals surface area contributed by atoms with Gasteiger partial charge in [0.05, 0.1) is 18.5 Å². The lowest BCUT2D eigenvalue weighted by Crippen LogP contribution is -2.09. The van der Waals surface area contributed by atoms with Gasteiger partial charge in [-0.2, -0.15) is 10.2 Å². The van der Waals surface area contributed by atoms with Crippen LogP contribution in [-0.2, 0) is 6.54 Å². The summed E-state index contributed by atoms with van der Waals surface area (Å²) < 4.78 is 35.0. The van der Waals surface area contributed by atoms with E-state index in [0.717, 1.165) is 42.2 Å². The van der Waals surface area contributed by atoms with Crippen molar-refractivity contribution in [2.45, 2.75) is 46.6 Å². The average Bonchev–Trinajstić information content (AvgIpc) is 3.56. The number of aryl methyl sites for hydroxylation is 1. The van der Waals surface area contributed by atoms with Gasteiger partial charge in [0.2, 0.25) is 0 Å². The van der Waals surface area contributed by atoms with Crippen LogP contribution in [0.25, 0.3) is 17.1 Å². The van der Waals surface area contributed by atoms with Crippen molar-refractivity contribution in [2.24, 2.45) is 5.92 Å². The maximum atomic E-state index is 12.9. The minimum atomic E-state index is -2.61. The minimum Gasteiger partial charge on any atom is -0.493 e. The van der Waals surface area contributed by atoms with Crippen LogP contribution in [0.3, 0.4) is 0 Å². The van der Waals surface area contributed by atoms with Gasteiger partial charge in [-0.1, -0.05) is 0 Å². The van der Waals surface area contributed by atoms with E-state index in [9.17, 15) is 8.78 Å². The number of nitrogens with zero attached hydrogens (tertiary/aromatic N) is 7. The number of nitrogens with one attached hydrogen (secondary N) is 1. The van der Waals surface area contributed by atoms with E-state index in [1.165, 1.54) is 18.6 Å². The fourth-order valence-corrected chi connectivity index (χ4v) is 4.13. The highest BCUT2D eigenvalue weighted by Gasteiger charge is 2.26. The van der Waals surface area contributed by atoms with E-state index in [-0.39, 0.29) is 5.69 Å². The number of ether oxygens (including phenoxy) is 1. The molecule has 0 amide bonds. The summed E-state index contributed by atoms with van der Waals surface area (Å²) >= 11 is 0. The van der Waals surface area contributed by atoms with Gasteiger partial charge in [0.25, 0.3) is 6.43 Å². The number of halogens is 2. The molecular weight excluding hydrogens is 454 g/mol. The molecule has 5 rings (SSSR count). The molecule has 0 saturated heterocycles. The lowest BCUT2D eigenvalue weighted by Gasteiger charge is -2.11. The highest BCUT2D eigenvalue weighted by atomic mass is 19.3. The van der Waals surface area contributed by atoms with Crippen LogP contribution >= 0.6 is 0 Å². The van der Waals surface area contributed by atoms with E-state index < -0.39 is 6.43 Å². The molecule has 1 N–H and O–H groups in total. The van der Waals surface area contributed by atoms with Gasteiger partial charge in [0.15, 0.2) is 11.6 Å². The molecule has 0 aliphatic heterocycles. The highest BCUT2D eigenvalue weighted by molar-refractivity contribution is 5.71. The monoisotopic (exact) mass is 480 g/mol. The van der Waals surface area contributed by atoms with E-state index >= 15 is 0 Å². The Hall–Kier alpha value is -3.89. The molecular formula is C24H26F2N8O. The third-order valence-corrected chi connectivity index (χ3v) is 6.15. The largest absolute Gasteiger partial charge is 0.493 e. The zero-order valence-electron chi connectivity index (χ0n) is 20.0. The zero-order valence-corrected chi connectivity index (χ0v) is 20.0. The number of anilines is 2. The second kappa shape index (κ2) is 9.05. The number of alkyl halides is 2. The highest BCUT2D eigenvalue weighted by Crippen LogP contribution is 2.36. The first kappa shape index (κ1) is 22.9. The van der Waals surface area contributed by atoms with Crippen LogP contribution in [0.5, 0.6) is 5.75 Å². The van der Waals surface area contributed by atoms with E-state index in [4.69, 9.17) is 9.84 Å². The summed E-state index contributed by atoms with van der Waals surface area (Å²) in [6.45, 7) is 6.51. The van der Waals surface area contributed by atoms with E-state index in [2.05, 4.69) is 25.4 Å². The van der Waals surface area contributed by atoms with Crippen molar-refractivity contribution in [1.29, 1.82) is 0 Å². The van der Waals surface area contributed by atoms with Crippen LogP contribution in [-0.4, -0.2) is 41.6 Å². The first-order valence-corrected chi connectivity index (χ1v) is 11.4. The molecule has 0 unspecified atom stereocenters. The molecule has 0 aromatic carbocycles. The molecule has 11 heteroatoms. The average molecular weight is 481 g/mol. The molecule has 1 fully saturated rings. The topological polar surface area (TPSA) is 95.6 Å². The number of rotatable bonds is 8. The molecule has 1 aliphatic carbocycles. The molecule has 0 bridgehead atoms. The predicted octanol–water partition coefficient (Wildman–Crippen LogP) is 4.95. The van der Waals surface area contributed by atoms with Gasteiger partial charge in [0, 0.05) is 29.9 Å². The number of methoxy groups -OCH3 is 1. The molecule has 4 aromatic rings. The number of hydrogen-bond acceptors (Lipinski definition) is 7. The van der Waals surface area contributed by atoms with Gasteiger partial charge in [-0.05, 0) is 51.7 Å².